The van der Waals surface area contributed by atoms with E-state index in [1.54, 1.807) is 7.11 Å². The predicted molar refractivity (Wildman–Crippen MR) is 137 cm³/mol. The first-order chi connectivity index (χ1) is 13.8. The average molecular weight is 403 g/mol. The van der Waals surface area contributed by atoms with Gasteiger partial charge in [-0.25, -0.2) is 0 Å². The maximum Gasteiger partial charge on any atom is 0.104 e. The third-order valence-electron chi connectivity index (χ3n) is 0.855. The molecule has 170 valence electrons. The molecular weight excluding hydrogens is 352 g/mol. The molecule has 2 N–H and O–H groups in total. The van der Waals surface area contributed by atoms with Gasteiger partial charge < -0.3 is 19.7 Å². The van der Waals surface area contributed by atoms with Gasteiger partial charge in [0.1, 0.15) is 6.10 Å². The first-order valence-electron chi connectivity index (χ1n) is 7.67. The lowest BCUT2D eigenvalue weighted by atomic mass is 10.5. The summed E-state index contributed by atoms with van der Waals surface area (Å²) in [5.74, 6) is 0. The zero-order valence-electron chi connectivity index (χ0n) is 18.8. The molecule has 0 bridgehead atoms. The lowest BCUT2D eigenvalue weighted by molar-refractivity contribution is 0.171. The SMILES string of the molecule is C=C.C=C.C=C.C=C.C=C.C=C.C=C.C=C.C=C.COCC1CO1.OCCO. The van der Waals surface area contributed by atoms with Crippen molar-refractivity contribution in [1.29, 1.82) is 0 Å². The van der Waals surface area contributed by atoms with E-state index in [9.17, 15) is 0 Å². The number of ether oxygens (including phenoxy) is 2. The molecule has 1 heterocycles. The fraction of sp³-hybridized carbons (Fsp3) is 0.250. The van der Waals surface area contributed by atoms with E-state index in [1.165, 1.54) is 0 Å². The quantitative estimate of drug-likeness (QED) is 0.434. The Morgan fingerprint density at radius 2 is 0.786 bits per heavy atom. The highest BCUT2D eigenvalue weighted by Gasteiger charge is 2.21. The van der Waals surface area contributed by atoms with E-state index >= 15 is 0 Å². The van der Waals surface area contributed by atoms with Gasteiger partial charge in [-0.3, -0.25) is 0 Å². The molecule has 1 fully saturated rings. The van der Waals surface area contributed by atoms with Crippen LogP contribution in [0.25, 0.3) is 0 Å². The van der Waals surface area contributed by atoms with Crippen LogP contribution in [-0.2, 0) is 9.47 Å². The zero-order valence-corrected chi connectivity index (χ0v) is 18.8. The van der Waals surface area contributed by atoms with Crippen LogP contribution < -0.4 is 0 Å². The van der Waals surface area contributed by atoms with Crippen LogP contribution in [0.1, 0.15) is 0 Å². The van der Waals surface area contributed by atoms with E-state index in [1.807, 2.05) is 0 Å². The summed E-state index contributed by atoms with van der Waals surface area (Å²) in [6, 6.07) is 0. The van der Waals surface area contributed by atoms with Crippen molar-refractivity contribution in [3.63, 3.8) is 0 Å². The second-order valence-electron chi connectivity index (χ2n) is 1.86. The fourth-order valence-electron chi connectivity index (χ4n) is 0.350. The molecule has 0 aromatic carbocycles. The topological polar surface area (TPSA) is 62.2 Å². The van der Waals surface area contributed by atoms with Gasteiger partial charge in [-0.05, 0) is 0 Å². The number of methoxy groups -OCH3 is 1. The number of epoxide rings is 1. The molecule has 1 saturated heterocycles. The number of hydrogen-bond acceptors (Lipinski definition) is 4. The minimum atomic E-state index is -0.125. The summed E-state index contributed by atoms with van der Waals surface area (Å²) in [5.41, 5.74) is 0. The maximum absolute atomic E-state index is 7.62. The van der Waals surface area contributed by atoms with Crippen molar-refractivity contribution in [3.8, 4) is 0 Å². The molecule has 0 aromatic rings. The lowest BCUT2D eigenvalue weighted by Crippen LogP contribution is -1.94. The molecule has 1 rings (SSSR count). The monoisotopic (exact) mass is 402 g/mol. The normalized spacial score (nSPS) is 8.89. The van der Waals surface area contributed by atoms with E-state index < -0.39 is 0 Å². The standard InChI is InChI=1S/C4H8O2.C2H6O2.9C2H4/c1-5-2-4-3-6-4;3-1-2-4;9*1-2/h4H,2-3H2,1H3;3-4H,1-2H2;9*1-2H2. The molecule has 4 nitrogen and oxygen atoms in total. The molecule has 0 aromatic heterocycles. The van der Waals surface area contributed by atoms with Crippen LogP contribution in [0.15, 0.2) is 118 Å². The summed E-state index contributed by atoms with van der Waals surface area (Å²) >= 11 is 0. The number of aliphatic hydroxyl groups excluding tert-OH is 2. The second-order valence-corrected chi connectivity index (χ2v) is 1.86. The van der Waals surface area contributed by atoms with E-state index in [2.05, 4.69) is 118 Å². The van der Waals surface area contributed by atoms with Gasteiger partial charge in [-0.1, -0.05) is 0 Å². The highest BCUT2D eigenvalue weighted by atomic mass is 16.6. The Hall–Kier alpha value is -2.50. The lowest BCUT2D eigenvalue weighted by Gasteiger charge is -1.84. The van der Waals surface area contributed by atoms with Gasteiger partial charge in [0.25, 0.3) is 0 Å². The number of aliphatic hydroxyl groups is 2. The van der Waals surface area contributed by atoms with E-state index in [0.29, 0.717) is 6.10 Å². The van der Waals surface area contributed by atoms with Crippen LogP contribution in [0.5, 0.6) is 0 Å². The first kappa shape index (κ1) is 63.7. The fourth-order valence-corrected chi connectivity index (χ4v) is 0.350. The third-order valence-corrected chi connectivity index (χ3v) is 0.855. The molecule has 1 aliphatic heterocycles. The Kier molecular flexibility index (Phi) is 729. The maximum atomic E-state index is 7.62. The minimum Gasteiger partial charge on any atom is -0.394 e. The average Bonchev–Trinajstić information content (AvgIpc) is 3.70. The summed E-state index contributed by atoms with van der Waals surface area (Å²) in [6.07, 6.45) is 0.426. The summed E-state index contributed by atoms with van der Waals surface area (Å²) in [4.78, 5) is 0. The largest absolute Gasteiger partial charge is 0.394 e. The molecule has 1 aliphatic rings. The molecule has 0 spiro atoms. The Morgan fingerprint density at radius 3 is 0.821 bits per heavy atom. The van der Waals surface area contributed by atoms with Crippen molar-refractivity contribution in [1.82, 2.24) is 0 Å². The Labute approximate surface area is 178 Å². The van der Waals surface area contributed by atoms with Crippen LogP contribution in [0, 0.1) is 0 Å². The van der Waals surface area contributed by atoms with Crippen molar-refractivity contribution >= 4 is 0 Å². The van der Waals surface area contributed by atoms with Crippen molar-refractivity contribution < 1.29 is 19.7 Å². The Balaban J connectivity index is -0.0000000167. The van der Waals surface area contributed by atoms with Gasteiger partial charge in [-0.2, -0.15) is 0 Å². The smallest absolute Gasteiger partial charge is 0.104 e. The van der Waals surface area contributed by atoms with Crippen LogP contribution in [-0.4, -0.2) is 49.9 Å². The molecule has 0 radical (unpaired) electrons. The molecule has 4 heteroatoms. The Bertz CT molecular complexity index is 132. The predicted octanol–water partition coefficient (Wildman–Crippen LogP) is 6.22. The minimum absolute atomic E-state index is 0.125. The van der Waals surface area contributed by atoms with Crippen molar-refractivity contribution in [2.24, 2.45) is 0 Å². The van der Waals surface area contributed by atoms with Gasteiger partial charge >= 0.3 is 0 Å². The summed E-state index contributed by atoms with van der Waals surface area (Å²) < 4.78 is 9.56. The van der Waals surface area contributed by atoms with E-state index in [4.69, 9.17) is 19.7 Å². The second kappa shape index (κ2) is 320. The number of rotatable bonds is 3. The van der Waals surface area contributed by atoms with Crippen molar-refractivity contribution in [2.45, 2.75) is 6.10 Å². The van der Waals surface area contributed by atoms with Crippen molar-refractivity contribution in [2.75, 3.05) is 33.5 Å². The van der Waals surface area contributed by atoms with Gasteiger partial charge in [0.2, 0.25) is 0 Å². The Morgan fingerprint density at radius 1 is 0.607 bits per heavy atom. The van der Waals surface area contributed by atoms with E-state index in [-0.39, 0.29) is 13.2 Å². The highest BCUT2D eigenvalue weighted by Crippen LogP contribution is 2.06. The van der Waals surface area contributed by atoms with E-state index in [0.717, 1.165) is 13.2 Å². The van der Waals surface area contributed by atoms with Gasteiger partial charge in [0, 0.05) is 7.11 Å². The van der Waals surface area contributed by atoms with Crippen molar-refractivity contribution in [3.05, 3.63) is 118 Å². The summed E-state index contributed by atoms with van der Waals surface area (Å²) in [7, 11) is 1.68. The van der Waals surface area contributed by atoms with Crippen LogP contribution >= 0.6 is 0 Å². The molecular formula is C24H50O4. The van der Waals surface area contributed by atoms with Crippen LogP contribution in [0.4, 0.5) is 0 Å². The van der Waals surface area contributed by atoms with Gasteiger partial charge in [0.15, 0.2) is 0 Å². The van der Waals surface area contributed by atoms with Gasteiger partial charge in [0.05, 0.1) is 26.4 Å². The third kappa shape index (κ3) is 587. The molecule has 0 saturated carbocycles. The summed E-state index contributed by atoms with van der Waals surface area (Å²) in [6.45, 7) is 55.4. The zero-order chi connectivity index (χ0) is 25.8. The molecule has 0 aliphatic carbocycles. The van der Waals surface area contributed by atoms with Crippen LogP contribution in [0.2, 0.25) is 0 Å². The summed E-state index contributed by atoms with van der Waals surface area (Å²) in [5, 5.41) is 15.2. The molecule has 1 atom stereocenters. The molecule has 0 amide bonds. The number of hydrogen-bond donors (Lipinski definition) is 2. The molecule has 1 unspecified atom stereocenters. The van der Waals surface area contributed by atoms with Gasteiger partial charge in [-0.15, -0.1) is 118 Å². The highest BCUT2D eigenvalue weighted by molar-refractivity contribution is 4.66. The van der Waals surface area contributed by atoms with Crippen LogP contribution in [0.3, 0.4) is 0 Å². The first-order valence-corrected chi connectivity index (χ1v) is 7.67. The molecule has 28 heavy (non-hydrogen) atoms.